The van der Waals surface area contributed by atoms with Crippen LogP contribution in [0.3, 0.4) is 0 Å². The zero-order valence-electron chi connectivity index (χ0n) is 14.2. The molecule has 0 heterocycles. The molecule has 24 heavy (non-hydrogen) atoms. The largest absolute Gasteiger partial charge is 0.492 e. The number of ether oxygens (including phenoxy) is 2. The molecule has 0 saturated carbocycles. The van der Waals surface area contributed by atoms with E-state index in [1.807, 2.05) is 48.5 Å². The van der Waals surface area contributed by atoms with Gasteiger partial charge in [0.1, 0.15) is 24.7 Å². The van der Waals surface area contributed by atoms with Crippen molar-refractivity contribution in [2.45, 2.75) is 18.6 Å². The topological polar surface area (TPSA) is 21.7 Å². The third kappa shape index (κ3) is 6.67. The Labute approximate surface area is 155 Å². The molecular formula is C19H25NO2S2. The molecule has 0 radical (unpaired) electrons. The summed E-state index contributed by atoms with van der Waals surface area (Å²) in [6.07, 6.45) is 0. The molecule has 0 aliphatic heterocycles. The summed E-state index contributed by atoms with van der Waals surface area (Å²) in [5.41, 5.74) is 2.45. The molecule has 0 atom stereocenters. The number of aryl methyl sites for hydroxylation is 2. The van der Waals surface area contributed by atoms with Crippen molar-refractivity contribution in [2.24, 2.45) is 0 Å². The van der Waals surface area contributed by atoms with Gasteiger partial charge in [0.15, 0.2) is 0 Å². The maximum absolute atomic E-state index is 5.77. The monoisotopic (exact) mass is 363 g/mol. The molecule has 0 bridgehead atoms. The van der Waals surface area contributed by atoms with E-state index in [1.165, 1.54) is 11.1 Å². The van der Waals surface area contributed by atoms with E-state index in [4.69, 9.17) is 9.47 Å². The fraction of sp³-hybridized carbons (Fsp3) is 0.368. The van der Waals surface area contributed by atoms with Crippen molar-refractivity contribution in [3.8, 4) is 11.5 Å². The molecule has 3 nitrogen and oxygen atoms in total. The zero-order chi connectivity index (χ0) is 17.4. The standard InChI is InChI=1S/C19H25NO2S2/c1-15-3-7-17(8-4-15)21-13-11-20(19(23)24)12-14-22-18-9-5-16(2)6-10-18/h3-10,19,23-24H,11-14H2,1-2H3. The normalized spacial score (nSPS) is 11.1. The minimum atomic E-state index is -0.145. The highest BCUT2D eigenvalue weighted by Gasteiger charge is 2.11. The van der Waals surface area contributed by atoms with Gasteiger partial charge < -0.3 is 9.47 Å². The molecule has 0 aromatic heterocycles. The van der Waals surface area contributed by atoms with Gasteiger partial charge in [-0.3, -0.25) is 4.90 Å². The Morgan fingerprint density at radius 3 is 1.46 bits per heavy atom. The Morgan fingerprint density at radius 1 is 0.750 bits per heavy atom. The Kier molecular flexibility index (Phi) is 7.82. The lowest BCUT2D eigenvalue weighted by Crippen LogP contribution is -2.35. The predicted molar refractivity (Wildman–Crippen MR) is 107 cm³/mol. The van der Waals surface area contributed by atoms with Crippen LogP contribution in [-0.2, 0) is 0 Å². The smallest absolute Gasteiger partial charge is 0.119 e. The summed E-state index contributed by atoms with van der Waals surface area (Å²) in [4.78, 5) is 2.11. The summed E-state index contributed by atoms with van der Waals surface area (Å²) < 4.78 is 11.4. The summed E-state index contributed by atoms with van der Waals surface area (Å²) in [7, 11) is 0. The fourth-order valence-electron chi connectivity index (χ4n) is 2.17. The minimum absolute atomic E-state index is 0.145. The van der Waals surface area contributed by atoms with Gasteiger partial charge in [0.05, 0.1) is 4.71 Å². The summed E-state index contributed by atoms with van der Waals surface area (Å²) in [5.74, 6) is 1.76. The highest BCUT2D eigenvalue weighted by Crippen LogP contribution is 2.14. The molecule has 0 N–H and O–H groups in total. The van der Waals surface area contributed by atoms with Gasteiger partial charge in [-0.05, 0) is 38.1 Å². The molecule has 0 amide bonds. The van der Waals surface area contributed by atoms with Crippen LogP contribution in [0.4, 0.5) is 0 Å². The van der Waals surface area contributed by atoms with Crippen LogP contribution < -0.4 is 9.47 Å². The van der Waals surface area contributed by atoms with Crippen LogP contribution >= 0.6 is 25.3 Å². The van der Waals surface area contributed by atoms with E-state index in [0.717, 1.165) is 24.6 Å². The number of hydrogen-bond donors (Lipinski definition) is 2. The molecule has 130 valence electrons. The van der Waals surface area contributed by atoms with Gasteiger partial charge in [0, 0.05) is 13.1 Å². The second kappa shape index (κ2) is 9.87. The maximum atomic E-state index is 5.77. The second-order valence-electron chi connectivity index (χ2n) is 5.71. The molecule has 2 aromatic rings. The molecular weight excluding hydrogens is 338 g/mol. The van der Waals surface area contributed by atoms with Crippen molar-refractivity contribution in [3.63, 3.8) is 0 Å². The van der Waals surface area contributed by atoms with Crippen LogP contribution in [0.5, 0.6) is 11.5 Å². The van der Waals surface area contributed by atoms with Gasteiger partial charge in [-0.1, -0.05) is 35.4 Å². The fourth-order valence-corrected chi connectivity index (χ4v) is 2.64. The first-order valence-electron chi connectivity index (χ1n) is 8.04. The van der Waals surface area contributed by atoms with Crippen molar-refractivity contribution in [2.75, 3.05) is 26.3 Å². The van der Waals surface area contributed by atoms with Crippen LogP contribution in [0.2, 0.25) is 0 Å². The lowest BCUT2D eigenvalue weighted by Gasteiger charge is -2.25. The van der Waals surface area contributed by atoms with E-state index >= 15 is 0 Å². The molecule has 0 aliphatic carbocycles. The van der Waals surface area contributed by atoms with Gasteiger partial charge in [0.2, 0.25) is 0 Å². The summed E-state index contributed by atoms with van der Waals surface area (Å²) >= 11 is 8.84. The van der Waals surface area contributed by atoms with Crippen LogP contribution in [0, 0.1) is 13.8 Å². The van der Waals surface area contributed by atoms with Crippen molar-refractivity contribution in [3.05, 3.63) is 59.7 Å². The average molecular weight is 364 g/mol. The van der Waals surface area contributed by atoms with Crippen molar-refractivity contribution < 1.29 is 9.47 Å². The SMILES string of the molecule is Cc1ccc(OCCN(CCOc2ccc(C)cc2)C(S)S)cc1. The summed E-state index contributed by atoms with van der Waals surface area (Å²) in [6.45, 7) is 6.78. The van der Waals surface area contributed by atoms with Gasteiger partial charge >= 0.3 is 0 Å². The zero-order valence-corrected chi connectivity index (χ0v) is 16.0. The molecule has 0 unspecified atom stereocenters. The van der Waals surface area contributed by atoms with E-state index < -0.39 is 0 Å². The first-order valence-corrected chi connectivity index (χ1v) is 9.07. The molecule has 2 aromatic carbocycles. The highest BCUT2D eigenvalue weighted by atomic mass is 32.2. The van der Waals surface area contributed by atoms with E-state index in [-0.39, 0.29) is 4.71 Å². The third-order valence-corrected chi connectivity index (χ3v) is 4.32. The Bertz CT molecular complexity index is 548. The van der Waals surface area contributed by atoms with E-state index in [2.05, 4.69) is 44.0 Å². The lowest BCUT2D eigenvalue weighted by molar-refractivity contribution is 0.190. The van der Waals surface area contributed by atoms with Crippen LogP contribution in [0.25, 0.3) is 0 Å². The first-order chi connectivity index (χ1) is 11.5. The van der Waals surface area contributed by atoms with Crippen LogP contribution in [-0.4, -0.2) is 35.9 Å². The number of nitrogens with zero attached hydrogens (tertiary/aromatic N) is 1. The molecule has 0 fully saturated rings. The average Bonchev–Trinajstić information content (AvgIpc) is 2.56. The quantitative estimate of drug-likeness (QED) is 0.515. The molecule has 5 heteroatoms. The van der Waals surface area contributed by atoms with E-state index in [0.29, 0.717) is 13.2 Å². The Morgan fingerprint density at radius 2 is 1.12 bits per heavy atom. The van der Waals surface area contributed by atoms with Crippen LogP contribution in [0.1, 0.15) is 11.1 Å². The summed E-state index contributed by atoms with van der Waals surface area (Å²) in [5, 5.41) is 0. The number of thiol groups is 2. The van der Waals surface area contributed by atoms with E-state index in [9.17, 15) is 0 Å². The van der Waals surface area contributed by atoms with Gasteiger partial charge in [-0.25, -0.2) is 0 Å². The van der Waals surface area contributed by atoms with Gasteiger partial charge in [0.25, 0.3) is 0 Å². The summed E-state index contributed by atoms with van der Waals surface area (Å²) in [6, 6.07) is 16.1. The van der Waals surface area contributed by atoms with Gasteiger partial charge in [-0.2, -0.15) is 0 Å². The van der Waals surface area contributed by atoms with E-state index in [1.54, 1.807) is 0 Å². The number of rotatable bonds is 9. The Balaban J connectivity index is 1.73. The number of hydrogen-bond acceptors (Lipinski definition) is 5. The molecule has 0 saturated heterocycles. The van der Waals surface area contributed by atoms with Crippen LogP contribution in [0.15, 0.2) is 48.5 Å². The third-order valence-electron chi connectivity index (χ3n) is 3.66. The molecule has 0 aliphatic rings. The molecule has 2 rings (SSSR count). The van der Waals surface area contributed by atoms with Crippen molar-refractivity contribution in [1.82, 2.24) is 4.90 Å². The minimum Gasteiger partial charge on any atom is -0.492 e. The molecule has 0 spiro atoms. The first kappa shape index (κ1) is 19.0. The predicted octanol–water partition coefficient (Wildman–Crippen LogP) is 4.21. The lowest BCUT2D eigenvalue weighted by atomic mass is 10.2. The number of benzene rings is 2. The maximum Gasteiger partial charge on any atom is 0.119 e. The Hall–Kier alpha value is -1.30. The second-order valence-corrected chi connectivity index (χ2v) is 7.09. The van der Waals surface area contributed by atoms with Crippen molar-refractivity contribution in [1.29, 1.82) is 0 Å². The van der Waals surface area contributed by atoms with Crippen molar-refractivity contribution >= 4 is 25.3 Å². The highest BCUT2D eigenvalue weighted by molar-refractivity contribution is 7.99. The van der Waals surface area contributed by atoms with Gasteiger partial charge in [-0.15, -0.1) is 25.3 Å².